The number of carboxylic acid groups (broad SMARTS) is 1. The summed E-state index contributed by atoms with van der Waals surface area (Å²) in [4.78, 5) is 15.1. The van der Waals surface area contributed by atoms with Gasteiger partial charge in [-0.25, -0.2) is 4.68 Å². The van der Waals surface area contributed by atoms with Crippen molar-refractivity contribution in [3.8, 4) is 11.3 Å². The maximum Gasteiger partial charge on any atom is 0.290 e. The molecule has 0 unspecified atom stereocenters. The van der Waals surface area contributed by atoms with Crippen molar-refractivity contribution in [2.24, 2.45) is 11.8 Å². The normalized spacial score (nSPS) is 24.9. The number of furan rings is 1. The molecule has 4 heterocycles. The first kappa shape index (κ1) is 22.9. The topological polar surface area (TPSA) is 107 Å². The minimum absolute atomic E-state index is 0.160. The molecular weight excluding hydrogens is 422 g/mol. The van der Waals surface area contributed by atoms with Crippen molar-refractivity contribution < 1.29 is 19.1 Å². The molecule has 2 aliphatic rings. The molecular formula is C24H29N5O4. The molecule has 174 valence electrons. The molecule has 2 fully saturated rings. The van der Waals surface area contributed by atoms with Crippen LogP contribution in [-0.2, 0) is 9.53 Å². The highest BCUT2D eigenvalue weighted by molar-refractivity contribution is 5.55. The molecule has 5 rings (SSSR count). The van der Waals surface area contributed by atoms with Crippen molar-refractivity contribution >= 4 is 12.5 Å². The van der Waals surface area contributed by atoms with Gasteiger partial charge in [0.1, 0.15) is 11.5 Å². The Balaban J connectivity index is 0.000000821. The van der Waals surface area contributed by atoms with E-state index in [4.69, 9.17) is 19.1 Å². The van der Waals surface area contributed by atoms with Crippen LogP contribution in [0, 0.1) is 11.8 Å². The monoisotopic (exact) mass is 451 g/mol. The van der Waals surface area contributed by atoms with E-state index in [1.165, 1.54) is 0 Å². The quantitative estimate of drug-likeness (QED) is 0.569. The highest BCUT2D eigenvalue weighted by atomic mass is 16.5. The van der Waals surface area contributed by atoms with Crippen molar-refractivity contribution in [3.05, 3.63) is 61.0 Å². The summed E-state index contributed by atoms with van der Waals surface area (Å²) in [7, 11) is 1.82. The van der Waals surface area contributed by atoms with Crippen LogP contribution >= 0.6 is 0 Å². The number of ether oxygens (including phenoxy) is 1. The largest absolute Gasteiger partial charge is 0.483 e. The van der Waals surface area contributed by atoms with Crippen LogP contribution in [0.15, 0.2) is 59.6 Å². The Morgan fingerprint density at radius 3 is 2.76 bits per heavy atom. The SMILES string of the molecule is CO[C@@H]1C[C@H]2CN(C/C=C/c3ccco3)C[C@H]2C[C@H]1n1cc(-c2cccnc2)nn1.O=CO. The second-order valence-electron chi connectivity index (χ2n) is 8.40. The van der Waals surface area contributed by atoms with Gasteiger partial charge in [0.05, 0.1) is 24.6 Å². The summed E-state index contributed by atoms with van der Waals surface area (Å²) in [5.74, 6) is 2.23. The first-order valence-electron chi connectivity index (χ1n) is 11.1. The fourth-order valence-electron chi connectivity index (χ4n) is 4.96. The van der Waals surface area contributed by atoms with E-state index in [0.29, 0.717) is 11.8 Å². The van der Waals surface area contributed by atoms with E-state index >= 15 is 0 Å². The summed E-state index contributed by atoms with van der Waals surface area (Å²) < 4.78 is 13.3. The van der Waals surface area contributed by atoms with Crippen LogP contribution in [0.25, 0.3) is 17.3 Å². The fourth-order valence-corrected chi connectivity index (χ4v) is 4.96. The van der Waals surface area contributed by atoms with Crippen molar-refractivity contribution in [1.82, 2.24) is 24.9 Å². The zero-order valence-corrected chi connectivity index (χ0v) is 18.6. The Labute approximate surface area is 192 Å². The second-order valence-corrected chi connectivity index (χ2v) is 8.40. The van der Waals surface area contributed by atoms with Crippen LogP contribution in [0.3, 0.4) is 0 Å². The molecule has 3 aromatic rings. The number of methoxy groups -OCH3 is 1. The van der Waals surface area contributed by atoms with Gasteiger partial charge in [0.2, 0.25) is 0 Å². The minimum atomic E-state index is -0.250. The van der Waals surface area contributed by atoms with Gasteiger partial charge in [-0.1, -0.05) is 11.3 Å². The van der Waals surface area contributed by atoms with Crippen LogP contribution < -0.4 is 0 Å². The van der Waals surface area contributed by atoms with Gasteiger partial charge in [-0.2, -0.15) is 0 Å². The van der Waals surface area contributed by atoms with Gasteiger partial charge >= 0.3 is 0 Å². The van der Waals surface area contributed by atoms with Crippen LogP contribution in [-0.4, -0.2) is 69.3 Å². The second kappa shape index (κ2) is 11.0. The Bertz CT molecular complexity index is 1020. The molecule has 0 radical (unpaired) electrons. The first-order chi connectivity index (χ1) is 16.2. The Morgan fingerprint density at radius 1 is 1.24 bits per heavy atom. The van der Waals surface area contributed by atoms with Gasteiger partial charge in [0.25, 0.3) is 6.47 Å². The lowest BCUT2D eigenvalue weighted by Gasteiger charge is -2.37. The van der Waals surface area contributed by atoms with Crippen molar-refractivity contribution in [1.29, 1.82) is 0 Å². The third kappa shape index (κ3) is 5.55. The minimum Gasteiger partial charge on any atom is -0.483 e. The van der Waals surface area contributed by atoms with Crippen LogP contribution in [0.5, 0.6) is 0 Å². The molecule has 0 aromatic carbocycles. The first-order valence-corrected chi connectivity index (χ1v) is 11.1. The Kier molecular flexibility index (Phi) is 7.64. The van der Waals surface area contributed by atoms with E-state index < -0.39 is 0 Å². The highest BCUT2D eigenvalue weighted by Gasteiger charge is 2.43. The molecule has 0 amide bonds. The lowest BCUT2D eigenvalue weighted by Crippen LogP contribution is -2.37. The molecule has 4 atom stereocenters. The molecule has 33 heavy (non-hydrogen) atoms. The van der Waals surface area contributed by atoms with E-state index in [2.05, 4.69) is 32.3 Å². The highest BCUT2D eigenvalue weighted by Crippen LogP contribution is 2.42. The van der Waals surface area contributed by atoms with Crippen LogP contribution in [0.1, 0.15) is 24.6 Å². The summed E-state index contributed by atoms with van der Waals surface area (Å²) in [5.41, 5.74) is 1.85. The van der Waals surface area contributed by atoms with Crippen LogP contribution in [0.4, 0.5) is 0 Å². The average molecular weight is 452 g/mol. The number of fused-ring (bicyclic) bond motifs is 1. The number of carbonyl (C=O) groups is 1. The van der Waals surface area contributed by atoms with Crippen molar-refractivity contribution in [2.75, 3.05) is 26.7 Å². The van der Waals surface area contributed by atoms with E-state index in [1.807, 2.05) is 48.5 Å². The molecule has 0 bridgehead atoms. The predicted molar refractivity (Wildman–Crippen MR) is 122 cm³/mol. The van der Waals surface area contributed by atoms with Gasteiger partial charge in [-0.15, -0.1) is 5.10 Å². The molecule has 1 aliphatic carbocycles. The summed E-state index contributed by atoms with van der Waals surface area (Å²) in [6.45, 7) is 2.94. The zero-order chi connectivity index (χ0) is 23.0. The third-order valence-electron chi connectivity index (χ3n) is 6.46. The van der Waals surface area contributed by atoms with Crippen LogP contribution in [0.2, 0.25) is 0 Å². The van der Waals surface area contributed by atoms with Gasteiger partial charge < -0.3 is 14.3 Å². The van der Waals surface area contributed by atoms with E-state index in [0.717, 1.165) is 49.5 Å². The van der Waals surface area contributed by atoms with Crippen molar-refractivity contribution in [2.45, 2.75) is 25.0 Å². The number of aromatic nitrogens is 4. The fraction of sp³-hybridized carbons (Fsp3) is 0.417. The average Bonchev–Trinajstić information content (AvgIpc) is 3.60. The third-order valence-corrected chi connectivity index (χ3v) is 6.46. The predicted octanol–water partition coefficient (Wildman–Crippen LogP) is 3.25. The lowest BCUT2D eigenvalue weighted by atomic mass is 9.77. The van der Waals surface area contributed by atoms with Gasteiger partial charge in [0, 0.05) is 44.7 Å². The van der Waals surface area contributed by atoms with Gasteiger partial charge in [-0.3, -0.25) is 14.7 Å². The summed E-state index contributed by atoms with van der Waals surface area (Å²) in [5, 5.41) is 15.7. The van der Waals surface area contributed by atoms with E-state index in [-0.39, 0.29) is 18.6 Å². The summed E-state index contributed by atoms with van der Waals surface area (Å²) in [6, 6.07) is 8.04. The number of hydrogen-bond acceptors (Lipinski definition) is 7. The maximum absolute atomic E-state index is 8.36. The summed E-state index contributed by atoms with van der Waals surface area (Å²) in [6.07, 6.45) is 13.9. The van der Waals surface area contributed by atoms with E-state index in [9.17, 15) is 0 Å². The number of pyridine rings is 1. The van der Waals surface area contributed by atoms with Gasteiger partial charge in [-0.05, 0) is 55.0 Å². The molecule has 1 N–H and O–H groups in total. The number of rotatable bonds is 6. The Hall–Kier alpha value is -3.30. The van der Waals surface area contributed by atoms with E-state index in [1.54, 1.807) is 12.5 Å². The molecule has 3 aromatic heterocycles. The molecule has 0 spiro atoms. The summed E-state index contributed by atoms with van der Waals surface area (Å²) >= 11 is 0. The van der Waals surface area contributed by atoms with Crippen molar-refractivity contribution in [3.63, 3.8) is 0 Å². The number of likely N-dealkylation sites (tertiary alicyclic amines) is 1. The standard InChI is InChI=1S/C23H27N5O2.CH2O2/c1-29-23-12-19-15-27(9-3-6-20-7-4-10-30-20)14-18(19)11-22(23)28-16-21(25-26-28)17-5-2-8-24-13-17;2-1-3/h2-8,10,13,16,18-19,22-23H,9,11-12,14-15H2,1H3;1H,(H,2,3)/b6-3+;/t18-,19+,22-,23-;/m1./s1. The maximum atomic E-state index is 8.36. The molecule has 1 saturated heterocycles. The zero-order valence-electron chi connectivity index (χ0n) is 18.6. The molecule has 9 nitrogen and oxygen atoms in total. The number of hydrogen-bond donors (Lipinski definition) is 1. The lowest BCUT2D eigenvalue weighted by molar-refractivity contribution is -0.122. The van der Waals surface area contributed by atoms with Gasteiger partial charge in [0.15, 0.2) is 0 Å². The smallest absolute Gasteiger partial charge is 0.290 e. The molecule has 1 aliphatic heterocycles. The Morgan fingerprint density at radius 2 is 2.06 bits per heavy atom. The number of nitrogens with zero attached hydrogens (tertiary/aromatic N) is 5. The molecule has 1 saturated carbocycles. The molecule has 9 heteroatoms.